The molecule has 0 fully saturated rings. The molecule has 0 aromatic heterocycles. The van der Waals surface area contributed by atoms with E-state index in [4.69, 9.17) is 5.11 Å². The average Bonchev–Trinajstić information content (AvgIpc) is 2.16. The Bertz CT molecular complexity index is 254. The van der Waals surface area contributed by atoms with Crippen LogP contribution < -0.4 is 10.6 Å². The number of hydrogen-bond acceptors (Lipinski definition) is 3. The summed E-state index contributed by atoms with van der Waals surface area (Å²) in [5.74, 6) is -1.27. The summed E-state index contributed by atoms with van der Waals surface area (Å²) in [5, 5.41) is 13.2. The van der Waals surface area contributed by atoms with Crippen molar-refractivity contribution in [2.75, 3.05) is 27.2 Å². The molecule has 0 unspecified atom stereocenters. The molecule has 0 spiro atoms. The monoisotopic (exact) mass is 217 g/mol. The second-order valence-corrected chi connectivity index (χ2v) is 2.90. The smallest absolute Gasteiger partial charge is 0.323 e. The molecule has 0 aliphatic rings. The molecular formula is C8H15N3O4. The SMILES string of the molecule is CNC(=O)CCNC(=O)N(C)CC(=O)O. The molecule has 0 aliphatic heterocycles. The molecule has 3 N–H and O–H groups in total. The molecule has 3 amide bonds. The Hall–Kier alpha value is -1.79. The highest BCUT2D eigenvalue weighted by atomic mass is 16.4. The van der Waals surface area contributed by atoms with Crippen LogP contribution in [0.4, 0.5) is 4.79 Å². The van der Waals surface area contributed by atoms with Crippen molar-refractivity contribution < 1.29 is 19.5 Å². The Labute approximate surface area is 87.4 Å². The van der Waals surface area contributed by atoms with Gasteiger partial charge in [0.2, 0.25) is 5.91 Å². The van der Waals surface area contributed by atoms with Crippen LogP contribution in [-0.2, 0) is 9.59 Å². The first-order valence-electron chi connectivity index (χ1n) is 4.38. The van der Waals surface area contributed by atoms with Gasteiger partial charge in [0.15, 0.2) is 0 Å². The topological polar surface area (TPSA) is 98.7 Å². The van der Waals surface area contributed by atoms with E-state index >= 15 is 0 Å². The normalized spacial score (nSPS) is 9.20. The van der Waals surface area contributed by atoms with Crippen molar-refractivity contribution in [3.8, 4) is 0 Å². The summed E-state index contributed by atoms with van der Waals surface area (Å²) in [5.41, 5.74) is 0. The third-order valence-electron chi connectivity index (χ3n) is 1.63. The number of carbonyl (C=O) groups is 3. The maximum absolute atomic E-state index is 11.2. The molecule has 0 bridgehead atoms. The highest BCUT2D eigenvalue weighted by molar-refractivity contribution is 5.80. The largest absolute Gasteiger partial charge is 0.480 e. The lowest BCUT2D eigenvalue weighted by Gasteiger charge is -2.15. The second-order valence-electron chi connectivity index (χ2n) is 2.90. The van der Waals surface area contributed by atoms with Gasteiger partial charge in [-0.2, -0.15) is 0 Å². The van der Waals surface area contributed by atoms with Crippen LogP contribution >= 0.6 is 0 Å². The van der Waals surface area contributed by atoms with E-state index in [1.807, 2.05) is 0 Å². The van der Waals surface area contributed by atoms with Gasteiger partial charge in [0, 0.05) is 27.1 Å². The lowest BCUT2D eigenvalue weighted by atomic mass is 10.4. The van der Waals surface area contributed by atoms with Gasteiger partial charge in [-0.3, -0.25) is 9.59 Å². The third kappa shape index (κ3) is 6.30. The summed E-state index contributed by atoms with van der Waals surface area (Å²) in [7, 11) is 2.87. The fraction of sp³-hybridized carbons (Fsp3) is 0.625. The number of nitrogens with one attached hydrogen (secondary N) is 2. The highest BCUT2D eigenvalue weighted by Crippen LogP contribution is 1.85. The number of hydrogen-bond donors (Lipinski definition) is 3. The number of rotatable bonds is 5. The Balaban J connectivity index is 3.73. The van der Waals surface area contributed by atoms with Gasteiger partial charge in [-0.25, -0.2) is 4.79 Å². The molecule has 0 radical (unpaired) electrons. The van der Waals surface area contributed by atoms with Gasteiger partial charge in [-0.1, -0.05) is 0 Å². The van der Waals surface area contributed by atoms with Crippen LogP contribution in [0.15, 0.2) is 0 Å². The van der Waals surface area contributed by atoms with Gasteiger partial charge in [0.1, 0.15) is 6.54 Å². The lowest BCUT2D eigenvalue weighted by Crippen LogP contribution is -2.41. The number of aliphatic carboxylic acids is 1. The first kappa shape index (κ1) is 13.2. The molecule has 0 aromatic carbocycles. The minimum absolute atomic E-state index is 0.170. The fourth-order valence-electron chi connectivity index (χ4n) is 0.818. The molecule has 86 valence electrons. The number of likely N-dealkylation sites (N-methyl/N-ethyl adjacent to an activating group) is 1. The Morgan fingerprint density at radius 2 is 1.93 bits per heavy atom. The summed E-state index contributed by atoms with van der Waals surface area (Å²) in [6.07, 6.45) is 0.170. The van der Waals surface area contributed by atoms with Gasteiger partial charge >= 0.3 is 12.0 Å². The molecule has 7 heteroatoms. The van der Waals surface area contributed by atoms with Crippen LogP contribution in [-0.4, -0.2) is 55.1 Å². The van der Waals surface area contributed by atoms with Gasteiger partial charge in [0.05, 0.1) is 0 Å². The maximum Gasteiger partial charge on any atom is 0.323 e. The summed E-state index contributed by atoms with van der Waals surface area (Å²) >= 11 is 0. The predicted octanol–water partition coefficient (Wildman–Crippen LogP) is -1.15. The van der Waals surface area contributed by atoms with Crippen LogP contribution in [0.5, 0.6) is 0 Å². The number of carboxylic acids is 1. The van der Waals surface area contributed by atoms with Crippen LogP contribution in [0.25, 0.3) is 0 Å². The second kappa shape index (κ2) is 6.63. The van der Waals surface area contributed by atoms with E-state index in [0.29, 0.717) is 0 Å². The van der Waals surface area contributed by atoms with E-state index < -0.39 is 12.0 Å². The van der Waals surface area contributed by atoms with Gasteiger partial charge in [-0.05, 0) is 0 Å². The molecule has 0 rings (SSSR count). The summed E-state index contributed by atoms with van der Waals surface area (Å²) in [6, 6.07) is -0.513. The first-order chi connectivity index (χ1) is 6.97. The van der Waals surface area contributed by atoms with Crippen LogP contribution in [0.2, 0.25) is 0 Å². The molecule has 0 aromatic rings. The maximum atomic E-state index is 11.2. The van der Waals surface area contributed by atoms with Gasteiger partial charge < -0.3 is 20.6 Å². The van der Waals surface area contributed by atoms with Gasteiger partial charge in [-0.15, -0.1) is 0 Å². The quantitative estimate of drug-likeness (QED) is 0.541. The van der Waals surface area contributed by atoms with E-state index in [1.54, 1.807) is 0 Å². The predicted molar refractivity (Wildman–Crippen MR) is 52.3 cm³/mol. The standard InChI is InChI=1S/C8H15N3O4/c1-9-6(12)3-4-10-8(15)11(2)5-7(13)14/h3-5H2,1-2H3,(H,9,12)(H,10,15)(H,13,14). The van der Waals surface area contributed by atoms with Gasteiger partial charge in [0.25, 0.3) is 0 Å². The molecule has 0 heterocycles. The van der Waals surface area contributed by atoms with E-state index in [-0.39, 0.29) is 25.4 Å². The number of carbonyl (C=O) groups excluding carboxylic acids is 2. The molecule has 15 heavy (non-hydrogen) atoms. The third-order valence-corrected chi connectivity index (χ3v) is 1.63. The lowest BCUT2D eigenvalue weighted by molar-refractivity contribution is -0.137. The highest BCUT2D eigenvalue weighted by Gasteiger charge is 2.11. The Kier molecular flexibility index (Phi) is 5.84. The minimum Gasteiger partial charge on any atom is -0.480 e. The van der Waals surface area contributed by atoms with Crippen molar-refractivity contribution in [2.24, 2.45) is 0 Å². The summed E-state index contributed by atoms with van der Waals surface area (Å²) in [6.45, 7) is -0.186. The Morgan fingerprint density at radius 3 is 2.40 bits per heavy atom. The van der Waals surface area contributed by atoms with Crippen molar-refractivity contribution in [2.45, 2.75) is 6.42 Å². The van der Waals surface area contributed by atoms with Crippen molar-refractivity contribution >= 4 is 17.9 Å². The summed E-state index contributed by atoms with van der Waals surface area (Å²) in [4.78, 5) is 33.2. The van der Waals surface area contributed by atoms with Crippen LogP contribution in [0, 0.1) is 0 Å². The van der Waals surface area contributed by atoms with Crippen molar-refractivity contribution in [1.29, 1.82) is 0 Å². The van der Waals surface area contributed by atoms with Crippen molar-refractivity contribution in [3.05, 3.63) is 0 Å². The molecule has 7 nitrogen and oxygen atoms in total. The number of carboxylic acid groups (broad SMARTS) is 1. The van der Waals surface area contributed by atoms with E-state index in [9.17, 15) is 14.4 Å². The minimum atomic E-state index is -1.08. The number of urea groups is 1. The zero-order valence-electron chi connectivity index (χ0n) is 8.74. The van der Waals surface area contributed by atoms with Crippen molar-refractivity contribution in [1.82, 2.24) is 15.5 Å². The molecular weight excluding hydrogens is 202 g/mol. The number of amides is 3. The van der Waals surface area contributed by atoms with E-state index in [1.165, 1.54) is 14.1 Å². The Morgan fingerprint density at radius 1 is 1.33 bits per heavy atom. The fourth-order valence-corrected chi connectivity index (χ4v) is 0.818. The van der Waals surface area contributed by atoms with Crippen molar-refractivity contribution in [3.63, 3.8) is 0 Å². The molecule has 0 aliphatic carbocycles. The average molecular weight is 217 g/mol. The van der Waals surface area contributed by atoms with Crippen LogP contribution in [0.1, 0.15) is 6.42 Å². The van der Waals surface area contributed by atoms with E-state index in [0.717, 1.165) is 4.90 Å². The summed E-state index contributed by atoms with van der Waals surface area (Å²) < 4.78 is 0. The number of nitrogens with zero attached hydrogens (tertiary/aromatic N) is 1. The van der Waals surface area contributed by atoms with Crippen LogP contribution in [0.3, 0.4) is 0 Å². The zero-order chi connectivity index (χ0) is 11.8. The molecule has 0 atom stereocenters. The molecule has 0 saturated carbocycles. The zero-order valence-corrected chi connectivity index (χ0v) is 8.74. The first-order valence-corrected chi connectivity index (χ1v) is 4.38. The molecule has 0 saturated heterocycles. The van der Waals surface area contributed by atoms with E-state index in [2.05, 4.69) is 10.6 Å².